The van der Waals surface area contributed by atoms with Gasteiger partial charge in [-0.1, -0.05) is 15.9 Å². The van der Waals surface area contributed by atoms with Crippen LogP contribution in [0.3, 0.4) is 0 Å². The normalized spacial score (nSPS) is 16.3. The molecule has 1 fully saturated rings. The molecule has 1 aromatic carbocycles. The van der Waals surface area contributed by atoms with Crippen molar-refractivity contribution in [3.8, 4) is 11.6 Å². The van der Waals surface area contributed by atoms with E-state index in [9.17, 15) is 13.9 Å². The van der Waals surface area contributed by atoms with Crippen molar-refractivity contribution in [2.75, 3.05) is 0 Å². The Balaban J connectivity index is 1.75. The number of halogens is 3. The standard InChI is InChI=1S/C20H19BrF2N4O2S/c1-19(22,23)17-15(8-9-16(26-17)29-14-6-4-13(21)5-7-14)20(28,12-2-3-12)10-27-18(30)24-11-25-27/h4-9,11-12,28H,2-3,10H2,1H3,(H,24,25,30). The Morgan fingerprint density at radius 1 is 1.27 bits per heavy atom. The summed E-state index contributed by atoms with van der Waals surface area (Å²) in [6, 6.07) is 9.91. The number of pyridine rings is 1. The van der Waals surface area contributed by atoms with Crippen LogP contribution in [0.25, 0.3) is 0 Å². The predicted molar refractivity (Wildman–Crippen MR) is 112 cm³/mol. The van der Waals surface area contributed by atoms with Gasteiger partial charge in [0.15, 0.2) is 0 Å². The molecule has 30 heavy (non-hydrogen) atoms. The van der Waals surface area contributed by atoms with Crippen molar-refractivity contribution >= 4 is 28.1 Å². The van der Waals surface area contributed by atoms with E-state index in [-0.39, 0.29) is 28.7 Å². The van der Waals surface area contributed by atoms with E-state index in [2.05, 4.69) is 31.0 Å². The summed E-state index contributed by atoms with van der Waals surface area (Å²) in [7, 11) is 0. The Hall–Kier alpha value is -2.17. The van der Waals surface area contributed by atoms with E-state index in [4.69, 9.17) is 17.0 Å². The van der Waals surface area contributed by atoms with Gasteiger partial charge in [0.25, 0.3) is 5.92 Å². The molecule has 158 valence electrons. The highest BCUT2D eigenvalue weighted by Crippen LogP contribution is 2.49. The lowest BCUT2D eigenvalue weighted by Crippen LogP contribution is -2.37. The number of aliphatic hydroxyl groups is 1. The molecule has 0 saturated heterocycles. The van der Waals surface area contributed by atoms with Crippen molar-refractivity contribution in [2.45, 2.75) is 37.8 Å². The maximum atomic E-state index is 14.6. The smallest absolute Gasteiger partial charge is 0.287 e. The van der Waals surface area contributed by atoms with Gasteiger partial charge in [-0.05, 0) is 61.3 Å². The van der Waals surface area contributed by atoms with E-state index in [1.54, 1.807) is 24.3 Å². The molecule has 2 heterocycles. The number of hydrogen-bond acceptors (Lipinski definition) is 5. The molecule has 0 radical (unpaired) electrons. The van der Waals surface area contributed by atoms with E-state index in [1.807, 2.05) is 0 Å². The molecular formula is C20H19BrF2N4O2S. The number of benzene rings is 1. The Morgan fingerprint density at radius 2 is 1.97 bits per heavy atom. The molecule has 2 N–H and O–H groups in total. The number of hydrogen-bond donors (Lipinski definition) is 2. The monoisotopic (exact) mass is 496 g/mol. The van der Waals surface area contributed by atoms with Crippen LogP contribution in [0.4, 0.5) is 8.78 Å². The summed E-state index contributed by atoms with van der Waals surface area (Å²) in [6.07, 6.45) is 2.85. The second kappa shape index (κ2) is 7.82. The van der Waals surface area contributed by atoms with Gasteiger partial charge >= 0.3 is 0 Å². The van der Waals surface area contributed by atoms with Crippen molar-refractivity contribution in [1.29, 1.82) is 0 Å². The first-order valence-electron chi connectivity index (χ1n) is 9.32. The minimum absolute atomic E-state index is 0.0197. The van der Waals surface area contributed by atoms with E-state index < -0.39 is 17.2 Å². The number of aromatic amines is 1. The number of H-pyrrole nitrogens is 1. The lowest BCUT2D eigenvalue weighted by molar-refractivity contribution is -0.0268. The van der Waals surface area contributed by atoms with Crippen LogP contribution in [0.2, 0.25) is 0 Å². The molecule has 0 aliphatic heterocycles. The van der Waals surface area contributed by atoms with Crippen LogP contribution < -0.4 is 4.74 Å². The molecule has 1 aliphatic carbocycles. The Kier molecular flexibility index (Phi) is 5.50. The Bertz CT molecular complexity index is 1110. The van der Waals surface area contributed by atoms with Crippen molar-refractivity contribution in [1.82, 2.24) is 19.7 Å². The van der Waals surface area contributed by atoms with E-state index >= 15 is 0 Å². The number of alkyl halides is 2. The maximum absolute atomic E-state index is 14.6. The molecule has 0 spiro atoms. The minimum Gasteiger partial charge on any atom is -0.439 e. The third-order valence-electron chi connectivity index (χ3n) is 5.06. The highest BCUT2D eigenvalue weighted by atomic mass is 79.9. The van der Waals surface area contributed by atoms with Gasteiger partial charge in [-0.2, -0.15) is 8.78 Å². The molecule has 1 atom stereocenters. The second-order valence-electron chi connectivity index (χ2n) is 7.44. The molecule has 4 rings (SSSR count). The highest BCUT2D eigenvalue weighted by Gasteiger charge is 2.49. The number of nitrogens with one attached hydrogen (secondary N) is 1. The van der Waals surface area contributed by atoms with Gasteiger partial charge in [0.05, 0.1) is 6.54 Å². The number of ether oxygens (including phenoxy) is 1. The SMILES string of the molecule is CC(F)(F)c1nc(Oc2ccc(Br)cc2)ccc1C(O)(Cn1[nH]cnc1=S)C1CC1. The van der Waals surface area contributed by atoms with Crippen LogP contribution in [0.5, 0.6) is 11.6 Å². The number of aromatic nitrogens is 4. The average Bonchev–Trinajstić information content (AvgIpc) is 3.48. The van der Waals surface area contributed by atoms with Gasteiger partial charge in [0, 0.05) is 23.0 Å². The van der Waals surface area contributed by atoms with Gasteiger partial charge in [-0.3, -0.25) is 9.78 Å². The average molecular weight is 497 g/mol. The van der Waals surface area contributed by atoms with Crippen molar-refractivity contribution in [2.24, 2.45) is 5.92 Å². The summed E-state index contributed by atoms with van der Waals surface area (Å²) in [5.41, 5.74) is -2.02. The minimum atomic E-state index is -3.28. The lowest BCUT2D eigenvalue weighted by atomic mass is 9.86. The first-order valence-corrected chi connectivity index (χ1v) is 10.5. The summed E-state index contributed by atoms with van der Waals surface area (Å²) < 4.78 is 37.4. The zero-order chi connectivity index (χ0) is 21.5. The number of nitrogens with zero attached hydrogens (tertiary/aromatic N) is 3. The zero-order valence-corrected chi connectivity index (χ0v) is 18.4. The molecule has 10 heteroatoms. The summed E-state index contributed by atoms with van der Waals surface area (Å²) in [5, 5.41) is 14.4. The van der Waals surface area contributed by atoms with Crippen LogP contribution >= 0.6 is 28.1 Å². The van der Waals surface area contributed by atoms with Gasteiger partial charge in [-0.25, -0.2) is 9.97 Å². The van der Waals surface area contributed by atoms with Gasteiger partial charge < -0.3 is 9.84 Å². The predicted octanol–water partition coefficient (Wildman–Crippen LogP) is 5.30. The summed E-state index contributed by atoms with van der Waals surface area (Å²) in [6.45, 7) is 0.742. The fourth-order valence-electron chi connectivity index (χ4n) is 3.43. The van der Waals surface area contributed by atoms with Crippen LogP contribution in [0.15, 0.2) is 47.2 Å². The third kappa shape index (κ3) is 4.30. The lowest BCUT2D eigenvalue weighted by Gasteiger charge is -2.31. The van der Waals surface area contributed by atoms with Gasteiger partial charge in [-0.15, -0.1) is 0 Å². The summed E-state index contributed by atoms with van der Waals surface area (Å²) in [5.74, 6) is -2.98. The molecule has 2 aromatic heterocycles. The summed E-state index contributed by atoms with van der Waals surface area (Å²) >= 11 is 8.48. The molecule has 3 aromatic rings. The van der Waals surface area contributed by atoms with E-state index in [1.165, 1.54) is 23.1 Å². The topological polar surface area (TPSA) is 76.0 Å². The molecule has 1 unspecified atom stereocenters. The van der Waals surface area contributed by atoms with Crippen LogP contribution in [0, 0.1) is 10.7 Å². The van der Waals surface area contributed by atoms with Crippen LogP contribution in [-0.4, -0.2) is 24.9 Å². The van der Waals surface area contributed by atoms with Crippen LogP contribution in [0.1, 0.15) is 31.0 Å². The molecule has 6 nitrogen and oxygen atoms in total. The first-order chi connectivity index (χ1) is 14.2. The van der Waals surface area contributed by atoms with Crippen molar-refractivity contribution < 1.29 is 18.6 Å². The zero-order valence-electron chi connectivity index (χ0n) is 16.0. The number of rotatable bonds is 7. The van der Waals surface area contributed by atoms with Crippen molar-refractivity contribution in [3.05, 3.63) is 63.2 Å². The maximum Gasteiger partial charge on any atom is 0.287 e. The van der Waals surface area contributed by atoms with E-state index in [0.717, 1.165) is 24.2 Å². The molecule has 0 amide bonds. The largest absolute Gasteiger partial charge is 0.439 e. The summed E-state index contributed by atoms with van der Waals surface area (Å²) in [4.78, 5) is 8.02. The van der Waals surface area contributed by atoms with Gasteiger partial charge in [0.1, 0.15) is 23.4 Å². The first kappa shape index (κ1) is 21.1. The molecule has 1 saturated carbocycles. The molecule has 1 aliphatic rings. The van der Waals surface area contributed by atoms with Crippen LogP contribution in [-0.2, 0) is 18.1 Å². The Morgan fingerprint density at radius 3 is 2.53 bits per heavy atom. The second-order valence-corrected chi connectivity index (χ2v) is 8.73. The molecular weight excluding hydrogens is 478 g/mol. The van der Waals surface area contributed by atoms with Gasteiger partial charge in [0.2, 0.25) is 10.7 Å². The highest BCUT2D eigenvalue weighted by molar-refractivity contribution is 9.10. The third-order valence-corrected chi connectivity index (χ3v) is 5.91. The van der Waals surface area contributed by atoms with E-state index in [0.29, 0.717) is 5.75 Å². The quantitative estimate of drug-likeness (QED) is 0.434. The Labute approximate surface area is 185 Å². The molecule has 0 bridgehead atoms. The fraction of sp³-hybridized carbons (Fsp3) is 0.350. The fourth-order valence-corrected chi connectivity index (χ4v) is 3.87. The van der Waals surface area contributed by atoms with Crippen molar-refractivity contribution in [3.63, 3.8) is 0 Å².